The number of aromatic nitrogens is 4. The maximum Gasteiger partial charge on any atom is 0.418 e. The van der Waals surface area contributed by atoms with Gasteiger partial charge in [-0.2, -0.15) is 18.3 Å². The third-order valence-electron chi connectivity index (χ3n) is 4.80. The number of hydrogen-bond acceptors (Lipinski definition) is 4. The first-order valence-electron chi connectivity index (χ1n) is 9.61. The molecule has 3 aromatic rings. The van der Waals surface area contributed by atoms with E-state index in [1.54, 1.807) is 6.20 Å². The number of halogens is 3. The number of amides is 1. The number of rotatable bonds is 6. The van der Waals surface area contributed by atoms with E-state index in [9.17, 15) is 22.8 Å². The van der Waals surface area contributed by atoms with E-state index in [2.05, 4.69) is 15.4 Å². The summed E-state index contributed by atoms with van der Waals surface area (Å²) in [5.74, 6) is 0.123. The van der Waals surface area contributed by atoms with Gasteiger partial charge >= 0.3 is 6.18 Å². The second kappa shape index (κ2) is 8.75. The number of aryl methyl sites for hydroxylation is 2. The molecule has 2 heterocycles. The zero-order chi connectivity index (χ0) is 22.8. The standard InChI is InChI=1S/C21H22F3N5O2/c1-13(12-28-9-8-25-15(28)3)11-26-20(31)19-18(30)10-14(2)29(27-19)17-7-5-4-6-16(17)21(22,23)24/h4-10,13H,11-12H2,1-3H3,(H,26,31)/t13-/m0/s1. The molecule has 0 aliphatic rings. The van der Waals surface area contributed by atoms with Crippen molar-refractivity contribution in [1.29, 1.82) is 0 Å². The fraction of sp³-hybridized carbons (Fsp3) is 0.333. The average molecular weight is 433 g/mol. The smallest absolute Gasteiger partial charge is 0.350 e. The van der Waals surface area contributed by atoms with Crippen molar-refractivity contribution < 1.29 is 18.0 Å². The number of hydrogen-bond donors (Lipinski definition) is 1. The third-order valence-corrected chi connectivity index (χ3v) is 4.80. The molecule has 0 aliphatic carbocycles. The Balaban J connectivity index is 1.84. The molecule has 0 bridgehead atoms. The van der Waals surface area contributed by atoms with Crippen molar-refractivity contribution in [3.05, 3.63) is 75.7 Å². The zero-order valence-corrected chi connectivity index (χ0v) is 17.3. The summed E-state index contributed by atoms with van der Waals surface area (Å²) in [5.41, 5.74) is -2.11. The molecule has 0 fully saturated rings. The molecule has 0 unspecified atom stereocenters. The van der Waals surface area contributed by atoms with E-state index >= 15 is 0 Å². The average Bonchev–Trinajstić information content (AvgIpc) is 3.10. The van der Waals surface area contributed by atoms with Crippen molar-refractivity contribution in [2.75, 3.05) is 6.54 Å². The van der Waals surface area contributed by atoms with Gasteiger partial charge in [0.15, 0.2) is 5.69 Å². The molecule has 10 heteroatoms. The lowest BCUT2D eigenvalue weighted by atomic mass is 10.1. The third kappa shape index (κ3) is 5.01. The van der Waals surface area contributed by atoms with E-state index in [1.807, 2.05) is 24.6 Å². The molecule has 0 spiro atoms. The summed E-state index contributed by atoms with van der Waals surface area (Å²) >= 11 is 0. The highest BCUT2D eigenvalue weighted by Gasteiger charge is 2.34. The Bertz CT molecular complexity index is 1150. The van der Waals surface area contributed by atoms with Gasteiger partial charge in [-0.1, -0.05) is 19.1 Å². The van der Waals surface area contributed by atoms with Crippen LogP contribution in [0.2, 0.25) is 0 Å². The highest BCUT2D eigenvalue weighted by Crippen LogP contribution is 2.33. The van der Waals surface area contributed by atoms with Gasteiger partial charge in [0.05, 0.1) is 11.3 Å². The molecule has 1 N–H and O–H groups in total. The summed E-state index contributed by atoms with van der Waals surface area (Å²) in [4.78, 5) is 29.0. The van der Waals surface area contributed by atoms with Crippen molar-refractivity contribution >= 4 is 5.91 Å². The monoisotopic (exact) mass is 433 g/mol. The second-order valence-electron chi connectivity index (χ2n) is 7.37. The predicted molar refractivity (Wildman–Crippen MR) is 108 cm³/mol. The number of nitrogens with one attached hydrogen (secondary N) is 1. The molecule has 7 nitrogen and oxygen atoms in total. The fourth-order valence-electron chi connectivity index (χ4n) is 3.19. The van der Waals surface area contributed by atoms with Crippen LogP contribution in [0, 0.1) is 19.8 Å². The number of carbonyl (C=O) groups excluding carboxylic acids is 1. The first-order chi connectivity index (χ1) is 14.6. The van der Waals surface area contributed by atoms with Gasteiger partial charge in [-0.3, -0.25) is 9.59 Å². The first-order valence-corrected chi connectivity index (χ1v) is 9.61. The lowest BCUT2D eigenvalue weighted by molar-refractivity contribution is -0.137. The van der Waals surface area contributed by atoms with Crippen LogP contribution in [0.4, 0.5) is 13.2 Å². The summed E-state index contributed by atoms with van der Waals surface area (Å²) < 4.78 is 43.1. The summed E-state index contributed by atoms with van der Waals surface area (Å²) in [6.07, 6.45) is -1.11. The molecule has 1 amide bonds. The van der Waals surface area contributed by atoms with Gasteiger partial charge in [-0.25, -0.2) is 9.67 Å². The highest BCUT2D eigenvalue weighted by molar-refractivity contribution is 5.92. The molecule has 1 atom stereocenters. The van der Waals surface area contributed by atoms with Crippen LogP contribution in [-0.4, -0.2) is 31.8 Å². The minimum absolute atomic E-state index is 0.0236. The van der Waals surface area contributed by atoms with Gasteiger partial charge in [0.25, 0.3) is 5.91 Å². The molecule has 2 aromatic heterocycles. The molecule has 31 heavy (non-hydrogen) atoms. The van der Waals surface area contributed by atoms with E-state index in [1.165, 1.54) is 25.1 Å². The molecule has 0 aliphatic heterocycles. The summed E-state index contributed by atoms with van der Waals surface area (Å²) in [6.45, 7) is 6.10. The molecule has 164 valence electrons. The number of benzene rings is 1. The highest BCUT2D eigenvalue weighted by atomic mass is 19.4. The largest absolute Gasteiger partial charge is 0.418 e. The number of carbonyl (C=O) groups is 1. The Morgan fingerprint density at radius 1 is 1.23 bits per heavy atom. The van der Waals surface area contributed by atoms with E-state index in [0.717, 1.165) is 22.6 Å². The van der Waals surface area contributed by atoms with Gasteiger partial charge < -0.3 is 9.88 Å². The van der Waals surface area contributed by atoms with Crippen molar-refractivity contribution in [3.8, 4) is 5.69 Å². The van der Waals surface area contributed by atoms with E-state index in [0.29, 0.717) is 6.54 Å². The Morgan fingerprint density at radius 2 is 1.94 bits per heavy atom. The minimum Gasteiger partial charge on any atom is -0.350 e. The topological polar surface area (TPSA) is 81.8 Å². The zero-order valence-electron chi connectivity index (χ0n) is 17.3. The van der Waals surface area contributed by atoms with Crippen LogP contribution in [0.1, 0.15) is 34.5 Å². The van der Waals surface area contributed by atoms with Crippen LogP contribution in [0.5, 0.6) is 0 Å². The summed E-state index contributed by atoms with van der Waals surface area (Å²) in [7, 11) is 0. The maximum absolute atomic E-state index is 13.4. The Morgan fingerprint density at radius 3 is 2.58 bits per heavy atom. The van der Waals surface area contributed by atoms with Crippen molar-refractivity contribution in [3.63, 3.8) is 0 Å². The maximum atomic E-state index is 13.4. The Kier molecular flexibility index (Phi) is 6.28. The van der Waals surface area contributed by atoms with Crippen LogP contribution in [0.3, 0.4) is 0 Å². The summed E-state index contributed by atoms with van der Waals surface area (Å²) in [5, 5.41) is 6.60. The minimum atomic E-state index is -4.61. The van der Waals surface area contributed by atoms with Gasteiger partial charge in [0, 0.05) is 37.2 Å². The van der Waals surface area contributed by atoms with Crippen molar-refractivity contribution in [2.45, 2.75) is 33.5 Å². The first kappa shape index (κ1) is 22.3. The molecule has 0 radical (unpaired) electrons. The number of para-hydroxylation sites is 1. The van der Waals surface area contributed by atoms with Crippen LogP contribution in [0.25, 0.3) is 5.69 Å². The van der Waals surface area contributed by atoms with E-state index < -0.39 is 28.8 Å². The lowest BCUT2D eigenvalue weighted by Gasteiger charge is -2.17. The second-order valence-corrected chi connectivity index (χ2v) is 7.37. The van der Waals surface area contributed by atoms with Crippen LogP contribution in [-0.2, 0) is 12.7 Å². The van der Waals surface area contributed by atoms with Crippen molar-refractivity contribution in [1.82, 2.24) is 24.6 Å². The van der Waals surface area contributed by atoms with Crippen LogP contribution >= 0.6 is 0 Å². The molecular weight excluding hydrogens is 411 g/mol. The molecule has 1 aromatic carbocycles. The molecular formula is C21H22F3N5O2. The van der Waals surface area contributed by atoms with Gasteiger partial charge in [0.2, 0.25) is 5.43 Å². The van der Waals surface area contributed by atoms with Crippen LogP contribution in [0.15, 0.2) is 47.5 Å². The van der Waals surface area contributed by atoms with Crippen LogP contribution < -0.4 is 10.7 Å². The molecule has 0 saturated carbocycles. The van der Waals surface area contributed by atoms with Gasteiger partial charge in [-0.15, -0.1) is 0 Å². The van der Waals surface area contributed by atoms with E-state index in [-0.39, 0.29) is 23.8 Å². The molecule has 0 saturated heterocycles. The predicted octanol–water partition coefficient (Wildman–Crippen LogP) is 3.13. The number of nitrogens with zero attached hydrogens (tertiary/aromatic N) is 4. The lowest BCUT2D eigenvalue weighted by Crippen LogP contribution is -2.35. The Hall–Kier alpha value is -3.43. The van der Waals surface area contributed by atoms with Crippen molar-refractivity contribution in [2.24, 2.45) is 5.92 Å². The molecule has 3 rings (SSSR count). The van der Waals surface area contributed by atoms with Gasteiger partial charge in [0.1, 0.15) is 5.82 Å². The Labute approximate surface area is 176 Å². The SMILES string of the molecule is Cc1nccn1C[C@@H](C)CNC(=O)c1nn(-c2ccccc2C(F)(F)F)c(C)cc1=O. The quantitative estimate of drug-likeness (QED) is 0.648. The van der Waals surface area contributed by atoms with E-state index in [4.69, 9.17) is 0 Å². The number of imidazole rings is 1. The van der Waals surface area contributed by atoms with Gasteiger partial charge in [-0.05, 0) is 31.9 Å². The fourth-order valence-corrected chi connectivity index (χ4v) is 3.19. The summed E-state index contributed by atoms with van der Waals surface area (Å²) in [6, 6.07) is 5.97. The number of alkyl halides is 3. The normalized spacial score (nSPS) is 12.6.